The number of sulfonamides is 1. The molecule has 0 radical (unpaired) electrons. The van der Waals surface area contributed by atoms with Gasteiger partial charge in [0.1, 0.15) is 5.75 Å². The Balaban J connectivity index is 1.69. The number of hydrogen-bond donors (Lipinski definition) is 1. The number of benzene rings is 1. The molecule has 1 aliphatic rings. The van der Waals surface area contributed by atoms with Crippen molar-refractivity contribution in [2.45, 2.75) is 43.7 Å². The molecule has 3 rings (SSSR count). The van der Waals surface area contributed by atoms with E-state index in [4.69, 9.17) is 9.47 Å². The number of aromatic nitrogens is 2. The summed E-state index contributed by atoms with van der Waals surface area (Å²) in [4.78, 5) is 0.183. The van der Waals surface area contributed by atoms with Gasteiger partial charge in [0.25, 0.3) is 10.0 Å². The fraction of sp³-hybridized carbons (Fsp3) is 0.471. The lowest BCUT2D eigenvalue weighted by Gasteiger charge is -2.22. The molecule has 8 heteroatoms. The SMILES string of the molecule is CC(C)Oc1ccc(S(=O)(=O)Nc2cnn(C3CCOCC3)c2)cc1. The van der Waals surface area contributed by atoms with Crippen LogP contribution in [0.5, 0.6) is 5.75 Å². The molecule has 0 spiro atoms. The molecular formula is C17H23N3O4S. The fourth-order valence-corrected chi connectivity index (χ4v) is 3.75. The molecule has 1 aromatic carbocycles. The van der Waals surface area contributed by atoms with Gasteiger partial charge in [-0.3, -0.25) is 9.40 Å². The van der Waals surface area contributed by atoms with Gasteiger partial charge in [-0.1, -0.05) is 0 Å². The molecule has 1 N–H and O–H groups in total. The van der Waals surface area contributed by atoms with E-state index < -0.39 is 10.0 Å². The second kappa shape index (κ2) is 7.45. The lowest BCUT2D eigenvalue weighted by molar-refractivity contribution is 0.0662. The van der Waals surface area contributed by atoms with Crippen LogP contribution in [0.1, 0.15) is 32.7 Å². The van der Waals surface area contributed by atoms with Gasteiger partial charge < -0.3 is 9.47 Å². The second-order valence-electron chi connectivity index (χ2n) is 6.30. The van der Waals surface area contributed by atoms with Gasteiger partial charge >= 0.3 is 0 Å². The van der Waals surface area contributed by atoms with Gasteiger partial charge in [-0.15, -0.1) is 0 Å². The van der Waals surface area contributed by atoms with Crippen LogP contribution in [0.3, 0.4) is 0 Å². The number of rotatable bonds is 6. The molecule has 0 saturated carbocycles. The van der Waals surface area contributed by atoms with Crippen LogP contribution in [0.4, 0.5) is 5.69 Å². The van der Waals surface area contributed by atoms with Crippen molar-refractivity contribution in [1.29, 1.82) is 0 Å². The monoisotopic (exact) mass is 365 g/mol. The van der Waals surface area contributed by atoms with Crippen LogP contribution in [0, 0.1) is 0 Å². The zero-order valence-electron chi connectivity index (χ0n) is 14.4. The third kappa shape index (κ3) is 4.52. The smallest absolute Gasteiger partial charge is 0.261 e. The summed E-state index contributed by atoms with van der Waals surface area (Å²) in [7, 11) is -3.66. The molecular weight excluding hydrogens is 342 g/mol. The van der Waals surface area contributed by atoms with Crippen molar-refractivity contribution in [2.24, 2.45) is 0 Å². The van der Waals surface area contributed by atoms with E-state index in [2.05, 4.69) is 9.82 Å². The van der Waals surface area contributed by atoms with Crippen LogP contribution in [0.25, 0.3) is 0 Å². The first-order valence-corrected chi connectivity index (χ1v) is 9.84. The van der Waals surface area contributed by atoms with Crippen LogP contribution < -0.4 is 9.46 Å². The van der Waals surface area contributed by atoms with Crippen molar-refractivity contribution >= 4 is 15.7 Å². The molecule has 0 amide bonds. The molecule has 1 fully saturated rings. The minimum atomic E-state index is -3.66. The predicted octanol–water partition coefficient (Wildman–Crippen LogP) is 2.82. The summed E-state index contributed by atoms with van der Waals surface area (Å²) in [6.45, 7) is 5.25. The Morgan fingerprint density at radius 3 is 2.56 bits per heavy atom. The van der Waals surface area contributed by atoms with Crippen molar-refractivity contribution in [2.75, 3.05) is 17.9 Å². The molecule has 136 valence electrons. The summed E-state index contributed by atoms with van der Waals surface area (Å²) in [6, 6.07) is 6.62. The summed E-state index contributed by atoms with van der Waals surface area (Å²) in [5.74, 6) is 0.640. The first-order chi connectivity index (χ1) is 11.9. The lowest BCUT2D eigenvalue weighted by atomic mass is 10.1. The molecule has 0 bridgehead atoms. The topological polar surface area (TPSA) is 82.5 Å². The highest BCUT2D eigenvalue weighted by Gasteiger charge is 2.19. The largest absolute Gasteiger partial charge is 0.491 e. The number of hydrogen-bond acceptors (Lipinski definition) is 5. The predicted molar refractivity (Wildman–Crippen MR) is 94.3 cm³/mol. The van der Waals surface area contributed by atoms with Crippen LogP contribution in [-0.4, -0.2) is 37.5 Å². The van der Waals surface area contributed by atoms with Gasteiger partial charge in [-0.25, -0.2) is 8.42 Å². The van der Waals surface area contributed by atoms with Crippen LogP contribution in [0.15, 0.2) is 41.6 Å². The maximum absolute atomic E-state index is 12.5. The summed E-state index contributed by atoms with van der Waals surface area (Å²) < 4.78 is 40.3. The fourth-order valence-electron chi connectivity index (χ4n) is 2.72. The van der Waals surface area contributed by atoms with E-state index in [1.807, 2.05) is 13.8 Å². The summed E-state index contributed by atoms with van der Waals surface area (Å²) in [5, 5.41) is 4.28. The van der Waals surface area contributed by atoms with E-state index in [9.17, 15) is 8.42 Å². The number of anilines is 1. The van der Waals surface area contributed by atoms with E-state index in [-0.39, 0.29) is 17.0 Å². The molecule has 1 aromatic heterocycles. The number of nitrogens with zero attached hydrogens (tertiary/aromatic N) is 2. The Morgan fingerprint density at radius 2 is 1.92 bits per heavy atom. The standard InChI is InChI=1S/C17H23N3O4S/c1-13(2)24-16-3-5-17(6-4-16)25(21,22)19-14-11-18-20(12-14)15-7-9-23-10-8-15/h3-6,11-13,15,19H,7-10H2,1-2H3. The Kier molecular flexibility index (Phi) is 5.29. The van der Waals surface area contributed by atoms with Gasteiger partial charge in [-0.2, -0.15) is 5.10 Å². The minimum absolute atomic E-state index is 0.0385. The van der Waals surface area contributed by atoms with Crippen molar-refractivity contribution in [3.05, 3.63) is 36.7 Å². The van der Waals surface area contributed by atoms with E-state index in [0.717, 1.165) is 12.8 Å². The van der Waals surface area contributed by atoms with Crippen LogP contribution >= 0.6 is 0 Å². The molecule has 2 heterocycles. The Bertz CT molecular complexity index is 794. The highest BCUT2D eigenvalue weighted by Crippen LogP contribution is 2.23. The maximum atomic E-state index is 12.5. The molecule has 0 atom stereocenters. The van der Waals surface area contributed by atoms with Crippen molar-refractivity contribution in [1.82, 2.24) is 9.78 Å². The Labute approximate surface area is 148 Å². The third-order valence-corrected chi connectivity index (χ3v) is 5.32. The van der Waals surface area contributed by atoms with E-state index in [1.165, 1.54) is 18.3 Å². The number of nitrogens with one attached hydrogen (secondary N) is 1. The van der Waals surface area contributed by atoms with Crippen LogP contribution in [0.2, 0.25) is 0 Å². The summed E-state index contributed by atoms with van der Waals surface area (Å²) in [6.07, 6.45) is 5.06. The first kappa shape index (κ1) is 17.8. The first-order valence-electron chi connectivity index (χ1n) is 8.35. The third-order valence-electron chi connectivity index (χ3n) is 3.92. The molecule has 1 aliphatic heterocycles. The molecule has 0 aliphatic carbocycles. The molecule has 0 unspecified atom stereocenters. The van der Waals surface area contributed by atoms with Crippen LogP contribution in [-0.2, 0) is 14.8 Å². The van der Waals surface area contributed by atoms with Crippen molar-refractivity contribution in [3.8, 4) is 5.75 Å². The summed E-state index contributed by atoms with van der Waals surface area (Å²) in [5.41, 5.74) is 0.453. The molecule has 25 heavy (non-hydrogen) atoms. The lowest BCUT2D eigenvalue weighted by Crippen LogP contribution is -2.19. The van der Waals surface area contributed by atoms with Gasteiger partial charge in [-0.05, 0) is 51.0 Å². The Morgan fingerprint density at radius 1 is 1.24 bits per heavy atom. The normalized spacial score (nSPS) is 16.1. The molecule has 2 aromatic rings. The quantitative estimate of drug-likeness (QED) is 0.851. The summed E-state index contributed by atoms with van der Waals surface area (Å²) >= 11 is 0. The van der Waals surface area contributed by atoms with Gasteiger partial charge in [0.05, 0.1) is 28.9 Å². The van der Waals surface area contributed by atoms with E-state index >= 15 is 0 Å². The molecule has 7 nitrogen and oxygen atoms in total. The zero-order valence-corrected chi connectivity index (χ0v) is 15.2. The average Bonchev–Trinajstić information content (AvgIpc) is 3.03. The average molecular weight is 365 g/mol. The number of ether oxygens (including phenoxy) is 2. The van der Waals surface area contributed by atoms with E-state index in [0.29, 0.717) is 24.7 Å². The van der Waals surface area contributed by atoms with E-state index in [1.54, 1.807) is 23.0 Å². The maximum Gasteiger partial charge on any atom is 0.261 e. The second-order valence-corrected chi connectivity index (χ2v) is 7.98. The van der Waals surface area contributed by atoms with Gasteiger partial charge in [0.15, 0.2) is 0 Å². The molecule has 1 saturated heterocycles. The van der Waals surface area contributed by atoms with Crippen molar-refractivity contribution < 1.29 is 17.9 Å². The minimum Gasteiger partial charge on any atom is -0.491 e. The van der Waals surface area contributed by atoms with Crippen molar-refractivity contribution in [3.63, 3.8) is 0 Å². The van der Waals surface area contributed by atoms with Gasteiger partial charge in [0, 0.05) is 19.4 Å². The highest BCUT2D eigenvalue weighted by molar-refractivity contribution is 7.92. The zero-order chi connectivity index (χ0) is 17.9. The Hall–Kier alpha value is -2.06. The van der Waals surface area contributed by atoms with Gasteiger partial charge in [0.2, 0.25) is 0 Å². The highest BCUT2D eigenvalue weighted by atomic mass is 32.2.